The van der Waals surface area contributed by atoms with Crippen LogP contribution in [0, 0.1) is 0 Å². The Labute approximate surface area is 115 Å². The van der Waals surface area contributed by atoms with Crippen molar-refractivity contribution in [3.63, 3.8) is 0 Å². The van der Waals surface area contributed by atoms with Crippen LogP contribution in [0.3, 0.4) is 0 Å². The standard InChI is InChI=1S/C14H27NO4/c1-7-10-12(19-14(5,6)17-10)9(15)8-11(16)18-13(2,3)4/h9-10,12H,7-8,15H2,1-6H3/t9-,10-,12-/m1/s1. The fourth-order valence-corrected chi connectivity index (χ4v) is 2.23. The molecule has 1 fully saturated rings. The van der Waals surface area contributed by atoms with Crippen LogP contribution in [0.5, 0.6) is 0 Å². The van der Waals surface area contributed by atoms with E-state index in [1.807, 2.05) is 41.5 Å². The lowest BCUT2D eigenvalue weighted by Gasteiger charge is -2.25. The first-order valence-electron chi connectivity index (χ1n) is 6.87. The van der Waals surface area contributed by atoms with E-state index >= 15 is 0 Å². The van der Waals surface area contributed by atoms with Crippen molar-refractivity contribution in [1.29, 1.82) is 0 Å². The molecule has 0 aromatic carbocycles. The normalized spacial score (nSPS) is 28.2. The van der Waals surface area contributed by atoms with Gasteiger partial charge >= 0.3 is 5.97 Å². The van der Waals surface area contributed by atoms with E-state index in [0.29, 0.717) is 0 Å². The molecule has 0 radical (unpaired) electrons. The first kappa shape index (κ1) is 16.4. The minimum absolute atomic E-state index is 0.0764. The maximum absolute atomic E-state index is 11.8. The minimum atomic E-state index is -0.642. The maximum atomic E-state index is 11.8. The van der Waals surface area contributed by atoms with Crippen molar-refractivity contribution in [3.8, 4) is 0 Å². The Morgan fingerprint density at radius 1 is 1.37 bits per heavy atom. The molecule has 0 spiro atoms. The summed E-state index contributed by atoms with van der Waals surface area (Å²) in [5.41, 5.74) is 5.59. The molecule has 1 rings (SSSR count). The van der Waals surface area contributed by atoms with Crippen LogP contribution in [0.1, 0.15) is 54.4 Å². The van der Waals surface area contributed by atoms with Crippen LogP contribution in [0.4, 0.5) is 0 Å². The summed E-state index contributed by atoms with van der Waals surface area (Å²) in [7, 11) is 0. The van der Waals surface area contributed by atoms with E-state index in [1.54, 1.807) is 0 Å². The SMILES string of the molecule is CC[C@H]1OC(C)(C)O[C@@H]1[C@H](N)CC(=O)OC(C)(C)C. The summed E-state index contributed by atoms with van der Waals surface area (Å²) >= 11 is 0. The van der Waals surface area contributed by atoms with Crippen LogP contribution in [0.15, 0.2) is 0 Å². The zero-order valence-corrected chi connectivity index (χ0v) is 12.9. The monoisotopic (exact) mass is 273 g/mol. The molecule has 1 aliphatic heterocycles. The highest BCUT2D eigenvalue weighted by molar-refractivity contribution is 5.70. The van der Waals surface area contributed by atoms with Gasteiger partial charge in [0.2, 0.25) is 0 Å². The lowest BCUT2D eigenvalue weighted by molar-refractivity contribution is -0.159. The average Bonchev–Trinajstić information content (AvgIpc) is 2.50. The number of nitrogens with two attached hydrogens (primary N) is 1. The zero-order valence-electron chi connectivity index (χ0n) is 12.9. The molecule has 0 aliphatic carbocycles. The number of carbonyl (C=O) groups excluding carboxylic acids is 1. The van der Waals surface area contributed by atoms with Crippen LogP contribution in [-0.4, -0.2) is 35.6 Å². The van der Waals surface area contributed by atoms with Crippen molar-refractivity contribution in [2.24, 2.45) is 5.73 Å². The second-order valence-corrected chi connectivity index (χ2v) is 6.50. The Balaban J connectivity index is 2.58. The Kier molecular flexibility index (Phi) is 4.98. The number of ether oxygens (including phenoxy) is 3. The third-order valence-corrected chi connectivity index (χ3v) is 2.87. The largest absolute Gasteiger partial charge is 0.460 e. The van der Waals surface area contributed by atoms with Gasteiger partial charge in [0.25, 0.3) is 0 Å². The molecular formula is C14H27NO4. The molecule has 2 N–H and O–H groups in total. The lowest BCUT2D eigenvalue weighted by atomic mass is 10.0. The Morgan fingerprint density at radius 2 is 1.95 bits per heavy atom. The zero-order chi connectivity index (χ0) is 14.8. The molecule has 0 bridgehead atoms. The van der Waals surface area contributed by atoms with Gasteiger partial charge in [-0.2, -0.15) is 0 Å². The molecule has 0 amide bonds. The molecule has 1 aliphatic rings. The fourth-order valence-electron chi connectivity index (χ4n) is 2.23. The molecule has 19 heavy (non-hydrogen) atoms. The van der Waals surface area contributed by atoms with E-state index in [-0.39, 0.29) is 24.6 Å². The van der Waals surface area contributed by atoms with Crippen LogP contribution in [-0.2, 0) is 19.0 Å². The van der Waals surface area contributed by atoms with E-state index < -0.39 is 17.4 Å². The molecule has 3 atom stereocenters. The minimum Gasteiger partial charge on any atom is -0.460 e. The Hall–Kier alpha value is -0.650. The van der Waals surface area contributed by atoms with E-state index in [0.717, 1.165) is 6.42 Å². The van der Waals surface area contributed by atoms with E-state index in [4.69, 9.17) is 19.9 Å². The van der Waals surface area contributed by atoms with Gasteiger partial charge in [0, 0.05) is 6.04 Å². The highest BCUT2D eigenvalue weighted by Crippen LogP contribution is 2.31. The molecule has 5 heteroatoms. The smallest absolute Gasteiger partial charge is 0.307 e. The highest BCUT2D eigenvalue weighted by Gasteiger charge is 2.43. The molecule has 0 saturated carbocycles. The second-order valence-electron chi connectivity index (χ2n) is 6.50. The van der Waals surface area contributed by atoms with Crippen LogP contribution < -0.4 is 5.73 Å². The first-order valence-corrected chi connectivity index (χ1v) is 6.87. The van der Waals surface area contributed by atoms with E-state index in [9.17, 15) is 4.79 Å². The molecule has 1 heterocycles. The van der Waals surface area contributed by atoms with Crippen LogP contribution in [0.2, 0.25) is 0 Å². The predicted molar refractivity (Wildman–Crippen MR) is 72.6 cm³/mol. The van der Waals surface area contributed by atoms with Gasteiger partial charge in [0.15, 0.2) is 5.79 Å². The van der Waals surface area contributed by atoms with E-state index in [1.165, 1.54) is 0 Å². The van der Waals surface area contributed by atoms with Crippen LogP contribution >= 0.6 is 0 Å². The van der Waals surface area contributed by atoms with Crippen molar-refractivity contribution in [1.82, 2.24) is 0 Å². The number of hydrogen-bond acceptors (Lipinski definition) is 5. The Morgan fingerprint density at radius 3 is 2.42 bits per heavy atom. The summed E-state index contributed by atoms with van der Waals surface area (Å²) in [4.78, 5) is 11.8. The maximum Gasteiger partial charge on any atom is 0.307 e. The van der Waals surface area contributed by atoms with Gasteiger partial charge in [0.05, 0.1) is 12.5 Å². The summed E-state index contributed by atoms with van der Waals surface area (Å²) in [5, 5.41) is 0. The quantitative estimate of drug-likeness (QED) is 0.793. The second kappa shape index (κ2) is 5.77. The Bertz CT molecular complexity index is 322. The summed E-state index contributed by atoms with van der Waals surface area (Å²) in [6, 6.07) is -0.415. The van der Waals surface area contributed by atoms with Crippen molar-refractivity contribution < 1.29 is 19.0 Å². The number of hydrogen-bond donors (Lipinski definition) is 1. The third-order valence-electron chi connectivity index (χ3n) is 2.87. The number of carbonyl (C=O) groups is 1. The molecule has 112 valence electrons. The van der Waals surface area contributed by atoms with Crippen molar-refractivity contribution in [3.05, 3.63) is 0 Å². The summed E-state index contributed by atoms with van der Waals surface area (Å²) < 4.78 is 16.8. The number of esters is 1. The molecule has 5 nitrogen and oxygen atoms in total. The van der Waals surface area contributed by atoms with Gasteiger partial charge in [-0.05, 0) is 41.0 Å². The molecule has 0 aromatic rings. The van der Waals surface area contributed by atoms with Gasteiger partial charge in [-0.1, -0.05) is 6.92 Å². The first-order chi connectivity index (χ1) is 8.54. The topological polar surface area (TPSA) is 70.8 Å². The van der Waals surface area contributed by atoms with Gasteiger partial charge in [-0.25, -0.2) is 0 Å². The lowest BCUT2D eigenvalue weighted by Crippen LogP contribution is -2.43. The predicted octanol–water partition coefficient (Wildman–Crippen LogP) is 1.98. The summed E-state index contributed by atoms with van der Waals surface area (Å²) in [6.07, 6.45) is 0.591. The summed E-state index contributed by atoms with van der Waals surface area (Å²) in [6.45, 7) is 11.2. The van der Waals surface area contributed by atoms with Gasteiger partial charge < -0.3 is 19.9 Å². The van der Waals surface area contributed by atoms with Crippen molar-refractivity contribution in [2.75, 3.05) is 0 Å². The summed E-state index contributed by atoms with van der Waals surface area (Å²) in [5.74, 6) is -0.945. The van der Waals surface area contributed by atoms with Gasteiger partial charge in [0.1, 0.15) is 11.7 Å². The average molecular weight is 273 g/mol. The van der Waals surface area contributed by atoms with Crippen molar-refractivity contribution >= 4 is 5.97 Å². The molecular weight excluding hydrogens is 246 g/mol. The highest BCUT2D eigenvalue weighted by atomic mass is 16.8. The van der Waals surface area contributed by atoms with Gasteiger partial charge in [-0.3, -0.25) is 4.79 Å². The third kappa shape index (κ3) is 5.09. The fraction of sp³-hybridized carbons (Fsp3) is 0.929. The van der Waals surface area contributed by atoms with E-state index in [2.05, 4.69) is 0 Å². The number of rotatable bonds is 4. The van der Waals surface area contributed by atoms with Crippen molar-refractivity contribution in [2.45, 2.75) is 84.0 Å². The molecule has 1 saturated heterocycles. The van der Waals surface area contributed by atoms with Crippen LogP contribution in [0.25, 0.3) is 0 Å². The van der Waals surface area contributed by atoms with Gasteiger partial charge in [-0.15, -0.1) is 0 Å². The molecule has 0 unspecified atom stereocenters. The molecule has 0 aromatic heterocycles.